The number of carbonyl (C=O) groups excluding carboxylic acids is 4. The van der Waals surface area contributed by atoms with Crippen LogP contribution >= 0.6 is 0 Å². The Morgan fingerprint density at radius 2 is 1.89 bits per heavy atom. The molecular formula is C17H27N5O6. The molecule has 4 atom stereocenters. The fraction of sp³-hybridized carbons (Fsp3) is 0.706. The van der Waals surface area contributed by atoms with Crippen LogP contribution in [0.5, 0.6) is 0 Å². The van der Waals surface area contributed by atoms with Gasteiger partial charge in [-0.15, -0.1) is 0 Å². The number of hydrogen-bond acceptors (Lipinski definition) is 6. The van der Waals surface area contributed by atoms with Crippen molar-refractivity contribution in [1.82, 2.24) is 20.9 Å². The Hall–Kier alpha value is -2.69. The minimum Gasteiger partial charge on any atom is -0.480 e. The lowest BCUT2D eigenvalue weighted by molar-refractivity contribution is -0.144. The molecule has 0 spiro atoms. The SMILES string of the molecule is CC(NC(=O)C1CCCN1C(=O)C1CCCN1)C(=O)NC(CC(N)=O)C(=O)O. The van der Waals surface area contributed by atoms with Gasteiger partial charge in [-0.05, 0) is 39.2 Å². The lowest BCUT2D eigenvalue weighted by Gasteiger charge is -2.27. The topological polar surface area (TPSA) is 171 Å². The van der Waals surface area contributed by atoms with Gasteiger partial charge in [-0.1, -0.05) is 0 Å². The molecular weight excluding hydrogens is 370 g/mol. The van der Waals surface area contributed by atoms with E-state index in [0.29, 0.717) is 19.4 Å². The number of aliphatic carboxylic acids is 1. The van der Waals surface area contributed by atoms with E-state index in [1.54, 1.807) is 0 Å². The normalized spacial score (nSPS) is 23.7. The van der Waals surface area contributed by atoms with E-state index in [1.807, 2.05) is 0 Å². The molecule has 156 valence electrons. The summed E-state index contributed by atoms with van der Waals surface area (Å²) in [7, 11) is 0. The lowest BCUT2D eigenvalue weighted by atomic mass is 10.1. The first-order valence-electron chi connectivity index (χ1n) is 9.36. The summed E-state index contributed by atoms with van der Waals surface area (Å²) in [5, 5.41) is 16.9. The van der Waals surface area contributed by atoms with E-state index in [1.165, 1.54) is 11.8 Å². The van der Waals surface area contributed by atoms with Gasteiger partial charge >= 0.3 is 5.97 Å². The summed E-state index contributed by atoms with van der Waals surface area (Å²) < 4.78 is 0. The van der Waals surface area contributed by atoms with Crippen molar-refractivity contribution < 1.29 is 29.1 Å². The maximum Gasteiger partial charge on any atom is 0.326 e. The third kappa shape index (κ3) is 5.41. The van der Waals surface area contributed by atoms with Gasteiger partial charge in [-0.2, -0.15) is 0 Å². The molecule has 2 rings (SSSR count). The number of primary amides is 1. The lowest BCUT2D eigenvalue weighted by Crippen LogP contribution is -2.56. The van der Waals surface area contributed by atoms with E-state index in [2.05, 4.69) is 16.0 Å². The van der Waals surface area contributed by atoms with Gasteiger partial charge < -0.3 is 31.7 Å². The van der Waals surface area contributed by atoms with Crippen LogP contribution < -0.4 is 21.7 Å². The van der Waals surface area contributed by atoms with Gasteiger partial charge in [0, 0.05) is 6.54 Å². The largest absolute Gasteiger partial charge is 0.480 e. The predicted octanol–water partition coefficient (Wildman–Crippen LogP) is -2.32. The van der Waals surface area contributed by atoms with Crippen LogP contribution in [0, 0.1) is 0 Å². The number of carboxylic acids is 1. The molecule has 4 unspecified atom stereocenters. The molecule has 11 heteroatoms. The zero-order chi connectivity index (χ0) is 20.8. The number of carboxylic acid groups (broad SMARTS) is 1. The number of likely N-dealkylation sites (tertiary alicyclic amines) is 1. The maximum atomic E-state index is 12.6. The molecule has 2 heterocycles. The average molecular weight is 397 g/mol. The van der Waals surface area contributed by atoms with Crippen molar-refractivity contribution in [2.75, 3.05) is 13.1 Å². The Morgan fingerprint density at radius 1 is 1.18 bits per heavy atom. The highest BCUT2D eigenvalue weighted by Crippen LogP contribution is 2.21. The van der Waals surface area contributed by atoms with Crippen molar-refractivity contribution in [2.45, 2.75) is 63.2 Å². The Labute approximate surface area is 162 Å². The molecule has 0 aromatic heterocycles. The Balaban J connectivity index is 1.92. The van der Waals surface area contributed by atoms with Crippen molar-refractivity contribution in [1.29, 1.82) is 0 Å². The number of amides is 4. The molecule has 0 aromatic carbocycles. The van der Waals surface area contributed by atoms with E-state index in [0.717, 1.165) is 19.4 Å². The number of carbonyl (C=O) groups is 5. The maximum absolute atomic E-state index is 12.6. The second kappa shape index (κ2) is 9.49. The molecule has 2 fully saturated rings. The Kier molecular flexibility index (Phi) is 7.32. The summed E-state index contributed by atoms with van der Waals surface area (Å²) >= 11 is 0. The van der Waals surface area contributed by atoms with Gasteiger partial charge in [0.15, 0.2) is 0 Å². The standard InChI is InChI=1S/C17H27N5O6/c1-9(14(24)21-11(17(27)28)8-13(18)23)20-15(25)12-5-3-7-22(12)16(26)10-4-2-6-19-10/h9-12,19H,2-8H2,1H3,(H2,18,23)(H,20,25)(H,21,24)(H,27,28). The zero-order valence-electron chi connectivity index (χ0n) is 15.8. The summed E-state index contributed by atoms with van der Waals surface area (Å²) in [6, 6.07) is -3.45. The molecule has 6 N–H and O–H groups in total. The van der Waals surface area contributed by atoms with Crippen LogP contribution in [0.15, 0.2) is 0 Å². The van der Waals surface area contributed by atoms with Crippen molar-refractivity contribution in [3.05, 3.63) is 0 Å². The highest BCUT2D eigenvalue weighted by molar-refractivity contribution is 5.95. The zero-order valence-corrected chi connectivity index (χ0v) is 15.8. The highest BCUT2D eigenvalue weighted by atomic mass is 16.4. The summed E-state index contributed by atoms with van der Waals surface area (Å²) in [5.74, 6) is -3.60. The number of nitrogens with two attached hydrogens (primary N) is 1. The van der Waals surface area contributed by atoms with E-state index < -0.39 is 48.2 Å². The van der Waals surface area contributed by atoms with Gasteiger partial charge in [-0.25, -0.2) is 4.79 Å². The Bertz CT molecular complexity index is 648. The molecule has 0 bridgehead atoms. The van der Waals surface area contributed by atoms with E-state index in [9.17, 15) is 24.0 Å². The first-order chi connectivity index (χ1) is 13.2. The number of hydrogen-bond donors (Lipinski definition) is 5. The van der Waals surface area contributed by atoms with Gasteiger partial charge in [0.1, 0.15) is 18.1 Å². The van der Waals surface area contributed by atoms with Gasteiger partial charge in [0.2, 0.25) is 23.6 Å². The molecule has 0 aliphatic carbocycles. The summed E-state index contributed by atoms with van der Waals surface area (Å²) in [6.07, 6.45) is 2.28. The van der Waals surface area contributed by atoms with E-state index >= 15 is 0 Å². The van der Waals surface area contributed by atoms with Gasteiger partial charge in [-0.3, -0.25) is 19.2 Å². The van der Waals surface area contributed by atoms with Crippen molar-refractivity contribution in [2.24, 2.45) is 5.73 Å². The van der Waals surface area contributed by atoms with Crippen molar-refractivity contribution >= 4 is 29.6 Å². The third-order valence-corrected chi connectivity index (χ3v) is 4.97. The molecule has 2 aliphatic heterocycles. The van der Waals surface area contributed by atoms with Crippen LogP contribution in [-0.2, 0) is 24.0 Å². The first kappa shape index (κ1) is 21.6. The monoisotopic (exact) mass is 397 g/mol. The molecule has 4 amide bonds. The fourth-order valence-corrected chi connectivity index (χ4v) is 3.47. The first-order valence-corrected chi connectivity index (χ1v) is 9.36. The summed E-state index contributed by atoms with van der Waals surface area (Å²) in [5.41, 5.74) is 4.98. The van der Waals surface area contributed by atoms with Crippen LogP contribution in [0.1, 0.15) is 39.0 Å². The quantitative estimate of drug-likeness (QED) is 0.306. The Morgan fingerprint density at radius 3 is 2.46 bits per heavy atom. The van der Waals surface area contributed by atoms with Crippen molar-refractivity contribution in [3.8, 4) is 0 Å². The number of nitrogens with zero attached hydrogens (tertiary/aromatic N) is 1. The molecule has 0 aromatic rings. The second-order valence-electron chi connectivity index (χ2n) is 7.14. The summed E-state index contributed by atoms with van der Waals surface area (Å²) in [6.45, 7) is 2.65. The minimum atomic E-state index is -1.47. The molecule has 28 heavy (non-hydrogen) atoms. The highest BCUT2D eigenvalue weighted by Gasteiger charge is 2.38. The van der Waals surface area contributed by atoms with Crippen LogP contribution in [0.2, 0.25) is 0 Å². The molecule has 2 saturated heterocycles. The summed E-state index contributed by atoms with van der Waals surface area (Å²) in [4.78, 5) is 60.9. The molecule has 0 radical (unpaired) electrons. The predicted molar refractivity (Wildman–Crippen MR) is 96.7 cm³/mol. The average Bonchev–Trinajstić information content (AvgIpc) is 3.31. The number of rotatable bonds is 8. The van der Waals surface area contributed by atoms with Gasteiger partial charge in [0.05, 0.1) is 12.5 Å². The van der Waals surface area contributed by atoms with E-state index in [-0.39, 0.29) is 11.9 Å². The smallest absolute Gasteiger partial charge is 0.326 e. The van der Waals surface area contributed by atoms with Crippen LogP contribution in [-0.4, -0.2) is 76.9 Å². The van der Waals surface area contributed by atoms with Crippen LogP contribution in [0.25, 0.3) is 0 Å². The molecule has 2 aliphatic rings. The van der Waals surface area contributed by atoms with E-state index in [4.69, 9.17) is 10.8 Å². The van der Waals surface area contributed by atoms with Crippen molar-refractivity contribution in [3.63, 3.8) is 0 Å². The van der Waals surface area contributed by atoms with Crippen LogP contribution in [0.3, 0.4) is 0 Å². The minimum absolute atomic E-state index is 0.111. The fourth-order valence-electron chi connectivity index (χ4n) is 3.47. The van der Waals surface area contributed by atoms with Gasteiger partial charge in [0.25, 0.3) is 0 Å². The molecule has 11 nitrogen and oxygen atoms in total. The third-order valence-electron chi connectivity index (χ3n) is 4.97. The number of nitrogens with one attached hydrogen (secondary N) is 3. The van der Waals surface area contributed by atoms with Crippen LogP contribution in [0.4, 0.5) is 0 Å². The molecule has 0 saturated carbocycles. The second-order valence-corrected chi connectivity index (χ2v) is 7.14.